The molecule has 0 spiro atoms. The Bertz CT molecular complexity index is 207. The zero-order chi connectivity index (χ0) is 11.8. The van der Waals surface area contributed by atoms with E-state index in [1.807, 2.05) is 0 Å². The number of nitrogens with one attached hydrogen (secondary N) is 2. The molecular formula is C12H24N2O2. The second-order valence-electron chi connectivity index (χ2n) is 4.44. The second kappa shape index (κ2) is 7.63. The van der Waals surface area contributed by atoms with Gasteiger partial charge in [0.05, 0.1) is 6.10 Å². The van der Waals surface area contributed by atoms with Crippen LogP contribution in [-0.2, 0) is 9.53 Å². The second-order valence-corrected chi connectivity index (χ2v) is 4.44. The standard InChI is InChI=1S/C12H24N2O2/c1-3-4-12-9-11(5-8-16-12)14-7-6-13-10(2)15/h11-12,14H,3-9H2,1-2H3,(H,13,15). The molecule has 0 aliphatic carbocycles. The van der Waals surface area contributed by atoms with Gasteiger partial charge in [0.2, 0.25) is 5.91 Å². The Morgan fingerprint density at radius 3 is 2.94 bits per heavy atom. The molecule has 2 N–H and O–H groups in total. The van der Waals surface area contributed by atoms with Crippen LogP contribution in [0, 0.1) is 0 Å². The largest absolute Gasteiger partial charge is 0.378 e. The molecule has 0 aromatic rings. The molecule has 0 aromatic heterocycles. The SMILES string of the molecule is CCCC1CC(NCCNC(C)=O)CCO1. The lowest BCUT2D eigenvalue weighted by Gasteiger charge is -2.30. The Labute approximate surface area is 98.1 Å². The molecule has 2 atom stereocenters. The smallest absolute Gasteiger partial charge is 0.216 e. The average Bonchev–Trinajstić information content (AvgIpc) is 2.25. The van der Waals surface area contributed by atoms with Gasteiger partial charge in [-0.2, -0.15) is 0 Å². The Hall–Kier alpha value is -0.610. The third-order valence-electron chi connectivity index (χ3n) is 2.91. The van der Waals surface area contributed by atoms with Gasteiger partial charge in [0, 0.05) is 32.7 Å². The molecule has 1 aliphatic rings. The Morgan fingerprint density at radius 1 is 1.44 bits per heavy atom. The number of rotatable bonds is 6. The molecule has 0 bridgehead atoms. The van der Waals surface area contributed by atoms with E-state index in [1.54, 1.807) is 6.92 Å². The molecule has 1 saturated heterocycles. The number of ether oxygens (including phenoxy) is 1. The quantitative estimate of drug-likeness (QED) is 0.668. The van der Waals surface area contributed by atoms with Crippen LogP contribution in [0.3, 0.4) is 0 Å². The molecule has 1 amide bonds. The van der Waals surface area contributed by atoms with Crippen LogP contribution < -0.4 is 10.6 Å². The summed E-state index contributed by atoms with van der Waals surface area (Å²) in [6.45, 7) is 6.17. The topological polar surface area (TPSA) is 50.4 Å². The zero-order valence-corrected chi connectivity index (χ0v) is 10.4. The van der Waals surface area contributed by atoms with E-state index < -0.39 is 0 Å². The molecule has 2 unspecified atom stereocenters. The first-order valence-electron chi connectivity index (χ1n) is 6.31. The van der Waals surface area contributed by atoms with E-state index in [2.05, 4.69) is 17.6 Å². The highest BCUT2D eigenvalue weighted by Gasteiger charge is 2.20. The minimum absolute atomic E-state index is 0.0395. The number of carbonyl (C=O) groups is 1. The van der Waals surface area contributed by atoms with Gasteiger partial charge < -0.3 is 15.4 Å². The van der Waals surface area contributed by atoms with Gasteiger partial charge in [0.25, 0.3) is 0 Å². The third kappa shape index (κ3) is 5.47. The normalized spacial score (nSPS) is 25.4. The molecule has 94 valence electrons. The fraction of sp³-hybridized carbons (Fsp3) is 0.917. The maximum atomic E-state index is 10.7. The highest BCUT2D eigenvalue weighted by Crippen LogP contribution is 2.17. The van der Waals surface area contributed by atoms with Gasteiger partial charge in [-0.3, -0.25) is 4.79 Å². The summed E-state index contributed by atoms with van der Waals surface area (Å²) in [4.78, 5) is 10.7. The summed E-state index contributed by atoms with van der Waals surface area (Å²) in [6, 6.07) is 0.555. The van der Waals surface area contributed by atoms with E-state index in [9.17, 15) is 4.79 Å². The molecule has 16 heavy (non-hydrogen) atoms. The van der Waals surface area contributed by atoms with E-state index in [0.717, 1.165) is 32.4 Å². The van der Waals surface area contributed by atoms with Crippen LogP contribution in [0.1, 0.15) is 39.5 Å². The lowest BCUT2D eigenvalue weighted by atomic mass is 10.0. The van der Waals surface area contributed by atoms with Gasteiger partial charge in [-0.1, -0.05) is 13.3 Å². The lowest BCUT2D eigenvalue weighted by Crippen LogP contribution is -2.42. The van der Waals surface area contributed by atoms with Crippen molar-refractivity contribution in [3.63, 3.8) is 0 Å². The predicted octanol–water partition coefficient (Wildman–Crippen LogP) is 1.06. The van der Waals surface area contributed by atoms with E-state index in [4.69, 9.17) is 4.74 Å². The van der Waals surface area contributed by atoms with Gasteiger partial charge in [-0.05, 0) is 19.3 Å². The maximum Gasteiger partial charge on any atom is 0.216 e. The van der Waals surface area contributed by atoms with Crippen LogP contribution in [0.15, 0.2) is 0 Å². The van der Waals surface area contributed by atoms with Crippen molar-refractivity contribution in [1.82, 2.24) is 10.6 Å². The van der Waals surface area contributed by atoms with Gasteiger partial charge in [0.15, 0.2) is 0 Å². The lowest BCUT2D eigenvalue weighted by molar-refractivity contribution is -0.118. The third-order valence-corrected chi connectivity index (χ3v) is 2.91. The zero-order valence-electron chi connectivity index (χ0n) is 10.4. The van der Waals surface area contributed by atoms with E-state index in [-0.39, 0.29) is 5.91 Å². The summed E-state index contributed by atoms with van der Waals surface area (Å²) in [5.74, 6) is 0.0395. The maximum absolute atomic E-state index is 10.7. The van der Waals surface area contributed by atoms with Crippen LogP contribution in [0.2, 0.25) is 0 Å². The first kappa shape index (κ1) is 13.5. The molecule has 1 fully saturated rings. The molecule has 4 nitrogen and oxygen atoms in total. The fourth-order valence-corrected chi connectivity index (χ4v) is 2.10. The summed E-state index contributed by atoms with van der Waals surface area (Å²) >= 11 is 0. The Balaban J connectivity index is 2.09. The monoisotopic (exact) mass is 228 g/mol. The van der Waals surface area contributed by atoms with Crippen LogP contribution in [-0.4, -0.2) is 37.7 Å². The van der Waals surface area contributed by atoms with Crippen molar-refractivity contribution in [2.24, 2.45) is 0 Å². The molecule has 1 heterocycles. The minimum Gasteiger partial charge on any atom is -0.378 e. The first-order chi connectivity index (χ1) is 7.72. The van der Waals surface area contributed by atoms with Crippen LogP contribution in [0.5, 0.6) is 0 Å². The molecule has 1 aliphatic heterocycles. The molecule has 4 heteroatoms. The number of carbonyl (C=O) groups excluding carboxylic acids is 1. The summed E-state index contributed by atoms with van der Waals surface area (Å²) in [5.41, 5.74) is 0. The Morgan fingerprint density at radius 2 is 2.25 bits per heavy atom. The molecule has 1 rings (SSSR count). The average molecular weight is 228 g/mol. The first-order valence-corrected chi connectivity index (χ1v) is 6.31. The fourth-order valence-electron chi connectivity index (χ4n) is 2.10. The van der Waals surface area contributed by atoms with Crippen molar-refractivity contribution in [2.75, 3.05) is 19.7 Å². The van der Waals surface area contributed by atoms with Crippen molar-refractivity contribution in [3.8, 4) is 0 Å². The van der Waals surface area contributed by atoms with Gasteiger partial charge in [-0.25, -0.2) is 0 Å². The van der Waals surface area contributed by atoms with E-state index >= 15 is 0 Å². The summed E-state index contributed by atoms with van der Waals surface area (Å²) in [6.07, 6.45) is 4.96. The number of hydrogen-bond donors (Lipinski definition) is 2. The van der Waals surface area contributed by atoms with Crippen LogP contribution >= 0.6 is 0 Å². The molecule has 0 radical (unpaired) electrons. The summed E-state index contributed by atoms with van der Waals surface area (Å²) in [7, 11) is 0. The van der Waals surface area contributed by atoms with Crippen molar-refractivity contribution in [2.45, 2.75) is 51.7 Å². The van der Waals surface area contributed by atoms with E-state index in [0.29, 0.717) is 18.7 Å². The number of hydrogen-bond acceptors (Lipinski definition) is 3. The highest BCUT2D eigenvalue weighted by atomic mass is 16.5. The van der Waals surface area contributed by atoms with Gasteiger partial charge in [0.1, 0.15) is 0 Å². The van der Waals surface area contributed by atoms with Crippen molar-refractivity contribution >= 4 is 5.91 Å². The van der Waals surface area contributed by atoms with E-state index in [1.165, 1.54) is 6.42 Å². The van der Waals surface area contributed by atoms with Crippen LogP contribution in [0.4, 0.5) is 0 Å². The Kier molecular flexibility index (Phi) is 6.42. The van der Waals surface area contributed by atoms with Crippen molar-refractivity contribution in [3.05, 3.63) is 0 Å². The highest BCUT2D eigenvalue weighted by molar-refractivity contribution is 5.72. The van der Waals surface area contributed by atoms with Crippen LogP contribution in [0.25, 0.3) is 0 Å². The predicted molar refractivity (Wildman–Crippen MR) is 64.4 cm³/mol. The minimum atomic E-state index is 0.0395. The van der Waals surface area contributed by atoms with Crippen molar-refractivity contribution in [1.29, 1.82) is 0 Å². The molecule has 0 saturated carbocycles. The molecule has 0 aromatic carbocycles. The molecular weight excluding hydrogens is 204 g/mol. The summed E-state index contributed by atoms with van der Waals surface area (Å²) < 4.78 is 5.68. The van der Waals surface area contributed by atoms with Gasteiger partial charge in [-0.15, -0.1) is 0 Å². The number of amides is 1. The van der Waals surface area contributed by atoms with Crippen molar-refractivity contribution < 1.29 is 9.53 Å². The summed E-state index contributed by atoms with van der Waals surface area (Å²) in [5, 5.41) is 6.26. The van der Waals surface area contributed by atoms with Gasteiger partial charge >= 0.3 is 0 Å².